The van der Waals surface area contributed by atoms with E-state index in [1.54, 1.807) is 12.4 Å². The van der Waals surface area contributed by atoms with Gasteiger partial charge in [-0.25, -0.2) is 0 Å². The van der Waals surface area contributed by atoms with E-state index in [4.69, 9.17) is 0 Å². The molecule has 0 saturated heterocycles. The van der Waals surface area contributed by atoms with E-state index in [1.165, 1.54) is 0 Å². The summed E-state index contributed by atoms with van der Waals surface area (Å²) >= 11 is 0. The zero-order valence-corrected chi connectivity index (χ0v) is 12.2. The molecule has 1 aromatic carbocycles. The van der Waals surface area contributed by atoms with Crippen molar-refractivity contribution in [3.8, 4) is 0 Å². The first kappa shape index (κ1) is 13.9. The number of nitrogens with zero attached hydrogens (tertiary/aromatic N) is 4. The summed E-state index contributed by atoms with van der Waals surface area (Å²) in [6, 6.07) is 13.8. The topological polar surface area (TPSA) is 75.6 Å². The third-order valence-corrected chi connectivity index (χ3v) is 3.12. The van der Waals surface area contributed by atoms with Crippen molar-refractivity contribution in [3.63, 3.8) is 0 Å². The van der Waals surface area contributed by atoms with Gasteiger partial charge < -0.3 is 10.6 Å². The van der Waals surface area contributed by atoms with Gasteiger partial charge in [-0.15, -0.1) is 5.10 Å². The molecule has 0 unspecified atom stereocenters. The lowest BCUT2D eigenvalue weighted by Gasteiger charge is -2.09. The zero-order chi connectivity index (χ0) is 15.2. The van der Waals surface area contributed by atoms with Crippen LogP contribution < -0.4 is 10.6 Å². The van der Waals surface area contributed by atoms with Crippen LogP contribution in [0.25, 0.3) is 0 Å². The van der Waals surface area contributed by atoms with E-state index >= 15 is 0 Å². The first-order chi connectivity index (χ1) is 10.8. The maximum absolute atomic E-state index is 4.40. The molecule has 22 heavy (non-hydrogen) atoms. The molecule has 6 nitrogen and oxygen atoms in total. The summed E-state index contributed by atoms with van der Waals surface area (Å²) in [6.45, 7) is 2.59. The zero-order valence-electron chi connectivity index (χ0n) is 12.2. The van der Waals surface area contributed by atoms with Gasteiger partial charge in [-0.1, -0.05) is 24.3 Å². The lowest BCUT2D eigenvalue weighted by Crippen LogP contribution is -2.07. The Morgan fingerprint density at radius 3 is 2.73 bits per heavy atom. The number of hydrogen-bond acceptors (Lipinski definition) is 6. The van der Waals surface area contributed by atoms with Gasteiger partial charge in [0, 0.05) is 11.9 Å². The van der Waals surface area contributed by atoms with Crippen molar-refractivity contribution in [1.29, 1.82) is 0 Å². The van der Waals surface area contributed by atoms with E-state index in [-0.39, 0.29) is 0 Å². The molecule has 0 fully saturated rings. The number of hydrogen-bond donors (Lipinski definition) is 2. The van der Waals surface area contributed by atoms with E-state index in [1.807, 2.05) is 49.4 Å². The Labute approximate surface area is 128 Å². The summed E-state index contributed by atoms with van der Waals surface area (Å²) < 4.78 is 0. The van der Waals surface area contributed by atoms with Crippen molar-refractivity contribution in [2.24, 2.45) is 0 Å². The SMILES string of the molecule is Cc1ccccc1Nc1cnnc(NCc2ccccn2)n1. The molecule has 6 heteroatoms. The standard InChI is InChI=1S/C16H16N6/c1-12-6-2-3-8-14(12)20-15-11-19-22-16(21-15)18-10-13-7-4-5-9-17-13/h2-9,11H,10H2,1H3,(H2,18,20,21,22). The second-order valence-electron chi connectivity index (χ2n) is 4.78. The molecule has 0 radical (unpaired) electrons. The molecule has 0 spiro atoms. The van der Waals surface area contributed by atoms with Crippen LogP contribution in [0.2, 0.25) is 0 Å². The van der Waals surface area contributed by atoms with Gasteiger partial charge in [-0.2, -0.15) is 10.1 Å². The molecule has 0 amide bonds. The predicted octanol–water partition coefficient (Wildman–Crippen LogP) is 2.93. The van der Waals surface area contributed by atoms with Crippen LogP contribution in [0.4, 0.5) is 17.5 Å². The highest BCUT2D eigenvalue weighted by atomic mass is 15.3. The molecule has 0 aliphatic rings. The van der Waals surface area contributed by atoms with Gasteiger partial charge >= 0.3 is 0 Å². The first-order valence-electron chi connectivity index (χ1n) is 6.97. The van der Waals surface area contributed by atoms with E-state index in [2.05, 4.69) is 30.8 Å². The molecular formula is C16H16N6. The molecule has 0 aliphatic heterocycles. The van der Waals surface area contributed by atoms with E-state index in [0.717, 1.165) is 16.9 Å². The third kappa shape index (κ3) is 3.54. The number of anilines is 3. The Kier molecular flexibility index (Phi) is 4.20. The largest absolute Gasteiger partial charge is 0.347 e. The van der Waals surface area contributed by atoms with Gasteiger partial charge in [0.25, 0.3) is 0 Å². The molecule has 0 aliphatic carbocycles. The van der Waals surface area contributed by atoms with E-state index < -0.39 is 0 Å². The van der Waals surface area contributed by atoms with Crippen molar-refractivity contribution in [1.82, 2.24) is 20.2 Å². The van der Waals surface area contributed by atoms with Gasteiger partial charge in [-0.3, -0.25) is 4.98 Å². The van der Waals surface area contributed by atoms with Crippen LogP contribution >= 0.6 is 0 Å². The van der Waals surface area contributed by atoms with Gasteiger partial charge in [-0.05, 0) is 30.7 Å². The summed E-state index contributed by atoms with van der Waals surface area (Å²) in [5.74, 6) is 1.11. The number of pyridine rings is 1. The Balaban J connectivity index is 1.69. The summed E-state index contributed by atoms with van der Waals surface area (Å²) in [6.07, 6.45) is 3.35. The molecule has 3 aromatic rings. The van der Waals surface area contributed by atoms with Crippen LogP contribution in [0.1, 0.15) is 11.3 Å². The molecule has 0 bridgehead atoms. The van der Waals surface area contributed by atoms with Gasteiger partial charge in [0.15, 0.2) is 5.82 Å². The van der Waals surface area contributed by atoms with Crippen molar-refractivity contribution >= 4 is 17.5 Å². The van der Waals surface area contributed by atoms with Crippen LogP contribution in [0.15, 0.2) is 54.9 Å². The highest BCUT2D eigenvalue weighted by molar-refractivity contribution is 5.59. The van der Waals surface area contributed by atoms with E-state index in [9.17, 15) is 0 Å². The number of nitrogens with one attached hydrogen (secondary N) is 2. The average Bonchev–Trinajstić information content (AvgIpc) is 2.57. The number of rotatable bonds is 5. The van der Waals surface area contributed by atoms with Crippen LogP contribution in [-0.2, 0) is 6.54 Å². The van der Waals surface area contributed by atoms with Crippen LogP contribution in [0.3, 0.4) is 0 Å². The lowest BCUT2D eigenvalue weighted by atomic mass is 10.2. The Morgan fingerprint density at radius 1 is 1.05 bits per heavy atom. The fourth-order valence-corrected chi connectivity index (χ4v) is 1.96. The lowest BCUT2D eigenvalue weighted by molar-refractivity contribution is 0.934. The maximum atomic E-state index is 4.40. The van der Waals surface area contributed by atoms with Gasteiger partial charge in [0.1, 0.15) is 0 Å². The molecular weight excluding hydrogens is 276 g/mol. The van der Waals surface area contributed by atoms with Gasteiger partial charge in [0.05, 0.1) is 18.4 Å². The number of benzene rings is 1. The predicted molar refractivity (Wildman–Crippen MR) is 85.9 cm³/mol. The quantitative estimate of drug-likeness (QED) is 0.753. The molecule has 2 heterocycles. The van der Waals surface area contributed by atoms with Crippen LogP contribution in [0, 0.1) is 6.92 Å². The number of aromatic nitrogens is 4. The molecule has 0 saturated carbocycles. The van der Waals surface area contributed by atoms with Crippen molar-refractivity contribution in [3.05, 3.63) is 66.1 Å². The van der Waals surface area contributed by atoms with Gasteiger partial charge in [0.2, 0.25) is 5.95 Å². The number of aryl methyl sites for hydroxylation is 1. The van der Waals surface area contributed by atoms with E-state index in [0.29, 0.717) is 18.3 Å². The minimum Gasteiger partial charge on any atom is -0.347 e. The Morgan fingerprint density at radius 2 is 1.91 bits per heavy atom. The minimum absolute atomic E-state index is 0.462. The Bertz CT molecular complexity index is 744. The summed E-state index contributed by atoms with van der Waals surface area (Å²) in [5.41, 5.74) is 3.06. The van der Waals surface area contributed by atoms with Crippen molar-refractivity contribution in [2.45, 2.75) is 13.5 Å². The molecule has 2 N–H and O–H groups in total. The highest BCUT2D eigenvalue weighted by Crippen LogP contribution is 2.18. The summed E-state index contributed by atoms with van der Waals surface area (Å²) in [7, 11) is 0. The summed E-state index contributed by atoms with van der Waals surface area (Å²) in [4.78, 5) is 8.64. The fraction of sp³-hybridized carbons (Fsp3) is 0.125. The first-order valence-corrected chi connectivity index (χ1v) is 6.97. The second kappa shape index (κ2) is 6.62. The molecule has 110 valence electrons. The van der Waals surface area contributed by atoms with Crippen LogP contribution in [-0.4, -0.2) is 20.2 Å². The number of para-hydroxylation sites is 1. The monoisotopic (exact) mass is 292 g/mol. The van der Waals surface area contributed by atoms with Crippen LogP contribution in [0.5, 0.6) is 0 Å². The fourth-order valence-electron chi connectivity index (χ4n) is 1.96. The normalized spacial score (nSPS) is 10.2. The third-order valence-electron chi connectivity index (χ3n) is 3.12. The highest BCUT2D eigenvalue weighted by Gasteiger charge is 2.03. The maximum Gasteiger partial charge on any atom is 0.245 e. The Hall–Kier alpha value is -3.02. The van der Waals surface area contributed by atoms with Crippen molar-refractivity contribution in [2.75, 3.05) is 10.6 Å². The molecule has 0 atom stereocenters. The molecule has 2 aromatic heterocycles. The van der Waals surface area contributed by atoms with Crippen molar-refractivity contribution < 1.29 is 0 Å². The smallest absolute Gasteiger partial charge is 0.245 e. The average molecular weight is 292 g/mol. The molecule has 3 rings (SSSR count). The minimum atomic E-state index is 0.462. The summed E-state index contributed by atoms with van der Waals surface area (Å²) in [5, 5.41) is 14.3. The second-order valence-corrected chi connectivity index (χ2v) is 4.78.